The van der Waals surface area contributed by atoms with Crippen LogP contribution in [0, 0.1) is 0 Å². The summed E-state index contributed by atoms with van der Waals surface area (Å²) in [5.74, 6) is 0. The van der Waals surface area contributed by atoms with Gasteiger partial charge in [-0.3, -0.25) is 5.43 Å². The van der Waals surface area contributed by atoms with E-state index >= 15 is 0 Å². The van der Waals surface area contributed by atoms with Crippen LogP contribution < -0.4 is 11.2 Å². The number of thiocarbonyl (C=S) groups is 1. The smallest absolute Gasteiger partial charge is 0.184 e. The summed E-state index contributed by atoms with van der Waals surface area (Å²) >= 11 is 8.08. The summed E-state index contributed by atoms with van der Waals surface area (Å²) in [6, 6.07) is 11.9. The molecule has 0 saturated heterocycles. The number of hydrogen-bond acceptors (Lipinski definition) is 2. The molecule has 6 heteroatoms. The van der Waals surface area contributed by atoms with Gasteiger partial charge in [-0.1, -0.05) is 15.9 Å². The SMILES string of the molecule is NC(=S)N/N=C/c1cccn1-c1ccc(Br)cc1. The number of halogens is 1. The van der Waals surface area contributed by atoms with Crippen LogP contribution in [0.15, 0.2) is 52.2 Å². The molecule has 0 fully saturated rings. The second-order valence-electron chi connectivity index (χ2n) is 3.51. The Kier molecular flexibility index (Phi) is 4.11. The molecule has 2 rings (SSSR count). The van der Waals surface area contributed by atoms with E-state index in [1.807, 2.05) is 47.2 Å². The lowest BCUT2D eigenvalue weighted by Gasteiger charge is -2.06. The van der Waals surface area contributed by atoms with E-state index in [0.717, 1.165) is 15.9 Å². The van der Waals surface area contributed by atoms with Crippen LogP contribution in [0.3, 0.4) is 0 Å². The normalized spacial score (nSPS) is 10.7. The van der Waals surface area contributed by atoms with Gasteiger partial charge in [0.25, 0.3) is 0 Å². The zero-order valence-electron chi connectivity index (χ0n) is 9.38. The number of rotatable bonds is 3. The summed E-state index contributed by atoms with van der Waals surface area (Å²) < 4.78 is 3.06. The Bertz CT molecular complexity index is 574. The van der Waals surface area contributed by atoms with Crippen LogP contribution in [0.25, 0.3) is 5.69 Å². The monoisotopic (exact) mass is 322 g/mol. The number of hydrazone groups is 1. The highest BCUT2D eigenvalue weighted by molar-refractivity contribution is 9.10. The molecule has 0 amide bonds. The van der Waals surface area contributed by atoms with E-state index in [0.29, 0.717) is 0 Å². The average Bonchev–Trinajstić information content (AvgIpc) is 2.78. The molecule has 0 unspecified atom stereocenters. The zero-order chi connectivity index (χ0) is 13.0. The first-order valence-electron chi connectivity index (χ1n) is 5.18. The average molecular weight is 323 g/mol. The number of aromatic nitrogens is 1. The van der Waals surface area contributed by atoms with Crippen molar-refractivity contribution in [3.63, 3.8) is 0 Å². The van der Waals surface area contributed by atoms with E-state index in [9.17, 15) is 0 Å². The molecule has 92 valence electrons. The van der Waals surface area contributed by atoms with Crippen molar-refractivity contribution in [1.82, 2.24) is 9.99 Å². The molecule has 1 aromatic heterocycles. The van der Waals surface area contributed by atoms with Crippen LogP contribution in [0.2, 0.25) is 0 Å². The highest BCUT2D eigenvalue weighted by atomic mass is 79.9. The Morgan fingerprint density at radius 3 is 2.72 bits per heavy atom. The van der Waals surface area contributed by atoms with Crippen molar-refractivity contribution < 1.29 is 0 Å². The lowest BCUT2D eigenvalue weighted by Crippen LogP contribution is -2.24. The van der Waals surface area contributed by atoms with Gasteiger partial charge in [-0.2, -0.15) is 5.10 Å². The van der Waals surface area contributed by atoms with Crippen LogP contribution in [0.4, 0.5) is 0 Å². The van der Waals surface area contributed by atoms with Gasteiger partial charge >= 0.3 is 0 Å². The lowest BCUT2D eigenvalue weighted by atomic mass is 10.3. The first-order chi connectivity index (χ1) is 8.66. The van der Waals surface area contributed by atoms with Gasteiger partial charge in [0.15, 0.2) is 5.11 Å². The standard InChI is InChI=1S/C12H11BrN4S/c13-9-3-5-10(6-4-9)17-7-1-2-11(17)8-15-16-12(14)18/h1-8H,(H3,14,16,18)/b15-8+. The topological polar surface area (TPSA) is 55.3 Å². The first-order valence-corrected chi connectivity index (χ1v) is 6.39. The Morgan fingerprint density at radius 2 is 2.06 bits per heavy atom. The van der Waals surface area contributed by atoms with Gasteiger partial charge in [0.05, 0.1) is 11.9 Å². The summed E-state index contributed by atoms with van der Waals surface area (Å²) in [6.07, 6.45) is 3.63. The molecule has 0 saturated carbocycles. The molecule has 0 spiro atoms. The van der Waals surface area contributed by atoms with Gasteiger partial charge in [-0.25, -0.2) is 0 Å². The summed E-state index contributed by atoms with van der Waals surface area (Å²) in [5, 5.41) is 4.09. The fourth-order valence-electron chi connectivity index (χ4n) is 1.50. The molecule has 1 heterocycles. The highest BCUT2D eigenvalue weighted by Gasteiger charge is 2.00. The number of benzene rings is 1. The number of hydrogen-bond donors (Lipinski definition) is 2. The fourth-order valence-corrected chi connectivity index (χ4v) is 1.82. The van der Waals surface area contributed by atoms with E-state index in [4.69, 9.17) is 5.73 Å². The van der Waals surface area contributed by atoms with Gasteiger partial charge in [-0.15, -0.1) is 0 Å². The molecule has 0 atom stereocenters. The fraction of sp³-hybridized carbons (Fsp3) is 0. The maximum Gasteiger partial charge on any atom is 0.184 e. The predicted octanol–water partition coefficient (Wildman–Crippen LogP) is 2.41. The maximum atomic E-state index is 5.29. The van der Waals surface area contributed by atoms with Crippen LogP contribution in [-0.4, -0.2) is 15.9 Å². The Labute approximate surface area is 119 Å². The van der Waals surface area contributed by atoms with E-state index in [1.165, 1.54) is 0 Å². The van der Waals surface area contributed by atoms with Crippen molar-refractivity contribution in [3.05, 3.63) is 52.8 Å². The number of nitrogens with two attached hydrogens (primary N) is 1. The van der Waals surface area contributed by atoms with Crippen LogP contribution >= 0.6 is 28.1 Å². The van der Waals surface area contributed by atoms with E-state index in [-0.39, 0.29) is 5.11 Å². The van der Waals surface area contributed by atoms with Gasteiger partial charge < -0.3 is 10.3 Å². The van der Waals surface area contributed by atoms with Crippen molar-refractivity contribution in [2.45, 2.75) is 0 Å². The van der Waals surface area contributed by atoms with Gasteiger partial charge in [-0.05, 0) is 48.6 Å². The van der Waals surface area contributed by atoms with Gasteiger partial charge in [0.2, 0.25) is 0 Å². The van der Waals surface area contributed by atoms with Crippen molar-refractivity contribution in [3.8, 4) is 5.69 Å². The van der Waals surface area contributed by atoms with Gasteiger partial charge in [0, 0.05) is 16.4 Å². The molecule has 0 aliphatic heterocycles. The lowest BCUT2D eigenvalue weighted by molar-refractivity contribution is 1.02. The zero-order valence-corrected chi connectivity index (χ0v) is 11.8. The van der Waals surface area contributed by atoms with Crippen molar-refractivity contribution in [1.29, 1.82) is 0 Å². The molecule has 0 bridgehead atoms. The highest BCUT2D eigenvalue weighted by Crippen LogP contribution is 2.15. The third-order valence-corrected chi connectivity index (χ3v) is 2.88. The van der Waals surface area contributed by atoms with Crippen molar-refractivity contribution in [2.75, 3.05) is 0 Å². The summed E-state index contributed by atoms with van der Waals surface area (Å²) in [5.41, 5.74) is 9.81. The predicted molar refractivity (Wildman–Crippen MR) is 81.0 cm³/mol. The largest absolute Gasteiger partial charge is 0.375 e. The molecule has 0 aliphatic carbocycles. The first kappa shape index (κ1) is 12.8. The van der Waals surface area contributed by atoms with Gasteiger partial charge in [0.1, 0.15) is 0 Å². The summed E-state index contributed by atoms with van der Waals surface area (Å²) in [6.45, 7) is 0. The molecule has 2 aromatic rings. The molecule has 4 nitrogen and oxygen atoms in total. The van der Waals surface area contributed by atoms with Crippen molar-refractivity contribution in [2.24, 2.45) is 10.8 Å². The molecular formula is C12H11BrN4S. The quantitative estimate of drug-likeness (QED) is 0.518. The second-order valence-corrected chi connectivity index (χ2v) is 4.87. The maximum absolute atomic E-state index is 5.29. The minimum absolute atomic E-state index is 0.146. The summed E-state index contributed by atoms with van der Waals surface area (Å²) in [7, 11) is 0. The molecule has 1 aromatic carbocycles. The van der Waals surface area contributed by atoms with E-state index < -0.39 is 0 Å². The molecule has 18 heavy (non-hydrogen) atoms. The Hall–Kier alpha value is -1.66. The number of nitrogens with zero attached hydrogens (tertiary/aromatic N) is 2. The van der Waals surface area contributed by atoms with Crippen molar-refractivity contribution >= 4 is 39.5 Å². The van der Waals surface area contributed by atoms with Crippen LogP contribution in [-0.2, 0) is 0 Å². The third kappa shape index (κ3) is 3.18. The third-order valence-electron chi connectivity index (χ3n) is 2.26. The minimum Gasteiger partial charge on any atom is -0.375 e. The summed E-state index contributed by atoms with van der Waals surface area (Å²) in [4.78, 5) is 0. The van der Waals surface area contributed by atoms with E-state index in [1.54, 1.807) is 6.21 Å². The number of nitrogens with one attached hydrogen (secondary N) is 1. The molecule has 0 radical (unpaired) electrons. The van der Waals surface area contributed by atoms with Crippen LogP contribution in [0.5, 0.6) is 0 Å². The minimum atomic E-state index is 0.146. The molecule has 3 N–H and O–H groups in total. The molecule has 0 aliphatic rings. The second kappa shape index (κ2) is 5.79. The Morgan fingerprint density at radius 1 is 1.33 bits per heavy atom. The Balaban J connectivity index is 2.24. The van der Waals surface area contributed by atoms with E-state index in [2.05, 4.69) is 38.7 Å². The van der Waals surface area contributed by atoms with Crippen LogP contribution in [0.1, 0.15) is 5.69 Å². The molecular weight excluding hydrogens is 312 g/mol.